The van der Waals surface area contributed by atoms with Crippen molar-refractivity contribution in [2.75, 3.05) is 5.32 Å². The molecule has 3 aromatic carbocycles. The molecule has 0 aliphatic carbocycles. The maximum absolute atomic E-state index is 13.4. The third kappa shape index (κ3) is 5.22. The van der Waals surface area contributed by atoms with Crippen LogP contribution in [0.4, 0.5) is 10.1 Å². The van der Waals surface area contributed by atoms with E-state index in [4.69, 9.17) is 16.3 Å². The number of nitrogens with one attached hydrogen (secondary N) is 1. The third-order valence-corrected chi connectivity index (χ3v) is 4.98. The molecule has 6 heteroatoms. The van der Waals surface area contributed by atoms with Gasteiger partial charge in [0.15, 0.2) is 0 Å². The third-order valence-electron chi connectivity index (χ3n) is 3.68. The van der Waals surface area contributed by atoms with E-state index in [1.165, 1.54) is 12.1 Å². The molecule has 0 aromatic heterocycles. The van der Waals surface area contributed by atoms with Gasteiger partial charge in [0.2, 0.25) is 0 Å². The van der Waals surface area contributed by atoms with Crippen LogP contribution in [0.15, 0.2) is 69.6 Å². The second kappa shape index (κ2) is 8.89. The van der Waals surface area contributed by atoms with Gasteiger partial charge >= 0.3 is 0 Å². The van der Waals surface area contributed by atoms with Crippen molar-refractivity contribution in [1.29, 1.82) is 0 Å². The Hall–Kier alpha value is -1.56. The summed E-state index contributed by atoms with van der Waals surface area (Å²) in [5, 5.41) is 4.04. The van der Waals surface area contributed by atoms with Crippen LogP contribution in [-0.4, -0.2) is 0 Å². The Morgan fingerprint density at radius 3 is 2.50 bits per heavy atom. The van der Waals surface area contributed by atoms with E-state index < -0.39 is 0 Å². The van der Waals surface area contributed by atoms with Crippen molar-refractivity contribution in [3.05, 3.63) is 91.6 Å². The lowest BCUT2D eigenvalue weighted by molar-refractivity contribution is 0.300. The summed E-state index contributed by atoms with van der Waals surface area (Å²) in [5.74, 6) is 0.449. The van der Waals surface area contributed by atoms with Crippen molar-refractivity contribution in [2.45, 2.75) is 13.2 Å². The highest BCUT2D eigenvalue weighted by Crippen LogP contribution is 2.34. The summed E-state index contributed by atoms with van der Waals surface area (Å²) in [4.78, 5) is 0. The number of benzene rings is 3. The molecule has 0 saturated heterocycles. The topological polar surface area (TPSA) is 21.3 Å². The number of ether oxygens (including phenoxy) is 1. The predicted molar refractivity (Wildman–Crippen MR) is 111 cm³/mol. The van der Waals surface area contributed by atoms with E-state index in [1.807, 2.05) is 42.5 Å². The zero-order chi connectivity index (χ0) is 18.5. The zero-order valence-electron chi connectivity index (χ0n) is 13.6. The average molecular weight is 500 g/mol. The minimum absolute atomic E-state index is 0.273. The van der Waals surface area contributed by atoms with E-state index >= 15 is 0 Å². The fraction of sp³-hybridized carbons (Fsp3) is 0.100. The standard InChI is InChI=1S/C20H15Br2ClFNO/c21-15-9-14(11-25-18-6-4-16(23)5-7-18)20(19(22)10-15)26-12-13-2-1-3-17(24)8-13/h1-10,25H,11-12H2. The first-order valence-corrected chi connectivity index (χ1v) is 9.82. The second-order valence-corrected chi connectivity index (χ2v) is 7.86. The highest BCUT2D eigenvalue weighted by atomic mass is 79.9. The summed E-state index contributed by atoms with van der Waals surface area (Å²) < 4.78 is 21.1. The Morgan fingerprint density at radius 1 is 1.00 bits per heavy atom. The normalized spacial score (nSPS) is 10.6. The first-order valence-electron chi connectivity index (χ1n) is 7.86. The van der Waals surface area contributed by atoms with Gasteiger partial charge in [0.1, 0.15) is 18.2 Å². The van der Waals surface area contributed by atoms with Gasteiger partial charge < -0.3 is 10.1 Å². The number of rotatable bonds is 6. The van der Waals surface area contributed by atoms with Crippen LogP contribution in [0.3, 0.4) is 0 Å². The molecule has 134 valence electrons. The van der Waals surface area contributed by atoms with E-state index in [0.717, 1.165) is 31.5 Å². The molecular formula is C20H15Br2ClFNO. The van der Waals surface area contributed by atoms with E-state index in [9.17, 15) is 4.39 Å². The average Bonchev–Trinajstić information content (AvgIpc) is 2.60. The Morgan fingerprint density at radius 2 is 1.77 bits per heavy atom. The molecule has 0 aliphatic rings. The Bertz CT molecular complexity index is 903. The van der Waals surface area contributed by atoms with E-state index in [0.29, 0.717) is 11.6 Å². The number of hydrogen-bond acceptors (Lipinski definition) is 2. The minimum atomic E-state index is -0.273. The van der Waals surface area contributed by atoms with Crippen LogP contribution in [-0.2, 0) is 13.2 Å². The molecule has 0 aliphatic heterocycles. The largest absolute Gasteiger partial charge is 0.487 e. The van der Waals surface area contributed by atoms with Crippen LogP contribution in [0.1, 0.15) is 11.1 Å². The maximum Gasteiger partial charge on any atom is 0.139 e. The van der Waals surface area contributed by atoms with Gasteiger partial charge in [-0.15, -0.1) is 0 Å². The molecule has 0 heterocycles. The SMILES string of the molecule is Fc1cccc(COc2c(Br)cc(Br)cc2CNc2ccc(Cl)cc2)c1. The van der Waals surface area contributed by atoms with Crippen LogP contribution in [0.5, 0.6) is 5.75 Å². The predicted octanol–water partition coefficient (Wildman–Crippen LogP) is 7.20. The van der Waals surface area contributed by atoms with E-state index in [1.54, 1.807) is 6.07 Å². The molecule has 0 atom stereocenters. The fourth-order valence-electron chi connectivity index (χ4n) is 2.45. The van der Waals surface area contributed by atoms with Gasteiger partial charge in [0, 0.05) is 27.3 Å². The molecule has 0 unspecified atom stereocenters. The second-order valence-electron chi connectivity index (χ2n) is 5.65. The molecule has 26 heavy (non-hydrogen) atoms. The summed E-state index contributed by atoms with van der Waals surface area (Å²) in [6.07, 6.45) is 0. The molecular weight excluding hydrogens is 484 g/mol. The maximum atomic E-state index is 13.4. The van der Waals surface area contributed by atoms with Crippen LogP contribution in [0, 0.1) is 5.82 Å². The van der Waals surface area contributed by atoms with Crippen molar-refractivity contribution < 1.29 is 9.13 Å². The zero-order valence-corrected chi connectivity index (χ0v) is 17.5. The summed E-state index contributed by atoms with van der Waals surface area (Å²) >= 11 is 13.0. The first kappa shape index (κ1) is 19.2. The van der Waals surface area contributed by atoms with Gasteiger partial charge in [-0.25, -0.2) is 4.39 Å². The summed E-state index contributed by atoms with van der Waals surface area (Å²) in [6.45, 7) is 0.851. The molecule has 0 saturated carbocycles. The van der Waals surface area contributed by atoms with Gasteiger partial charge in [-0.2, -0.15) is 0 Å². The molecule has 1 N–H and O–H groups in total. The fourth-order valence-corrected chi connectivity index (χ4v) is 4.01. The Balaban J connectivity index is 1.76. The molecule has 0 amide bonds. The molecule has 0 spiro atoms. The highest BCUT2D eigenvalue weighted by Gasteiger charge is 2.11. The molecule has 0 radical (unpaired) electrons. The molecule has 2 nitrogen and oxygen atoms in total. The van der Waals surface area contributed by atoms with Gasteiger partial charge in [0.05, 0.1) is 4.47 Å². The highest BCUT2D eigenvalue weighted by molar-refractivity contribution is 9.11. The molecule has 3 rings (SSSR count). The molecule has 0 fully saturated rings. The van der Waals surface area contributed by atoms with Gasteiger partial charge in [-0.3, -0.25) is 0 Å². The lowest BCUT2D eigenvalue weighted by Crippen LogP contribution is -2.05. The van der Waals surface area contributed by atoms with E-state index in [-0.39, 0.29) is 12.4 Å². The van der Waals surface area contributed by atoms with Crippen molar-refractivity contribution in [3.8, 4) is 5.75 Å². The lowest BCUT2D eigenvalue weighted by atomic mass is 10.2. The van der Waals surface area contributed by atoms with Crippen LogP contribution in [0.25, 0.3) is 0 Å². The summed E-state index contributed by atoms with van der Waals surface area (Å²) in [7, 11) is 0. The summed E-state index contributed by atoms with van der Waals surface area (Å²) in [5.41, 5.74) is 2.70. The van der Waals surface area contributed by atoms with Crippen LogP contribution in [0.2, 0.25) is 5.02 Å². The van der Waals surface area contributed by atoms with Crippen molar-refractivity contribution in [2.24, 2.45) is 0 Å². The van der Waals surface area contributed by atoms with Crippen molar-refractivity contribution in [3.63, 3.8) is 0 Å². The smallest absolute Gasteiger partial charge is 0.139 e. The van der Waals surface area contributed by atoms with Gasteiger partial charge in [0.25, 0.3) is 0 Å². The van der Waals surface area contributed by atoms with Gasteiger partial charge in [-0.05, 0) is 70.0 Å². The van der Waals surface area contributed by atoms with Crippen LogP contribution < -0.4 is 10.1 Å². The van der Waals surface area contributed by atoms with Crippen molar-refractivity contribution >= 4 is 49.1 Å². The minimum Gasteiger partial charge on any atom is -0.487 e. The number of anilines is 1. The summed E-state index contributed by atoms with van der Waals surface area (Å²) in [6, 6.07) is 17.8. The quantitative estimate of drug-likeness (QED) is 0.387. The number of halogens is 4. The Kier molecular flexibility index (Phi) is 6.57. The molecule has 3 aromatic rings. The lowest BCUT2D eigenvalue weighted by Gasteiger charge is -2.15. The first-order chi connectivity index (χ1) is 12.5. The van der Waals surface area contributed by atoms with Gasteiger partial charge in [-0.1, -0.05) is 39.7 Å². The van der Waals surface area contributed by atoms with Crippen LogP contribution >= 0.6 is 43.5 Å². The Labute approximate surface area is 173 Å². The monoisotopic (exact) mass is 497 g/mol. The number of hydrogen-bond donors (Lipinski definition) is 1. The van der Waals surface area contributed by atoms with E-state index in [2.05, 4.69) is 37.2 Å². The van der Waals surface area contributed by atoms with Crippen molar-refractivity contribution in [1.82, 2.24) is 0 Å². The molecule has 0 bridgehead atoms.